The second-order valence-electron chi connectivity index (χ2n) is 7.11. The van der Waals surface area contributed by atoms with Crippen LogP contribution in [0, 0.1) is 0 Å². The molecular formula is C22H23N3O2S. The predicted octanol–water partition coefficient (Wildman–Crippen LogP) is 3.88. The monoisotopic (exact) mass is 393 g/mol. The molecule has 6 heteroatoms. The lowest BCUT2D eigenvalue weighted by Crippen LogP contribution is -2.43. The van der Waals surface area contributed by atoms with Crippen LogP contribution in [0.3, 0.4) is 0 Å². The first-order valence-electron chi connectivity index (χ1n) is 9.64. The minimum Gasteiger partial charge on any atom is -0.339 e. The van der Waals surface area contributed by atoms with Crippen LogP contribution in [0.5, 0.6) is 0 Å². The van der Waals surface area contributed by atoms with E-state index < -0.39 is 0 Å². The number of carbonyl (C=O) groups excluding carboxylic acids is 1. The van der Waals surface area contributed by atoms with Gasteiger partial charge in [-0.05, 0) is 50.5 Å². The minimum absolute atomic E-state index is 0.110. The molecule has 5 nitrogen and oxygen atoms in total. The molecule has 1 amide bonds. The van der Waals surface area contributed by atoms with Gasteiger partial charge in [0.1, 0.15) is 0 Å². The number of benzene rings is 2. The first-order valence-corrected chi connectivity index (χ1v) is 10.6. The molecule has 2 aromatic carbocycles. The topological polar surface area (TPSA) is 55.2 Å². The van der Waals surface area contributed by atoms with Gasteiger partial charge in [-0.25, -0.2) is 4.98 Å². The zero-order valence-electron chi connectivity index (χ0n) is 15.9. The molecule has 1 aliphatic rings. The molecule has 3 aromatic rings. The SMILES string of the molecule is C[C@@H]1CCCCN1C(=O)CSc1nc2ccccc2c(=O)n1-c1ccccc1. The summed E-state index contributed by atoms with van der Waals surface area (Å²) in [6.07, 6.45) is 3.29. The average Bonchev–Trinajstić information content (AvgIpc) is 2.73. The van der Waals surface area contributed by atoms with Crippen LogP contribution in [-0.2, 0) is 4.79 Å². The number of amides is 1. The normalized spacial score (nSPS) is 17.0. The van der Waals surface area contributed by atoms with Gasteiger partial charge in [0.15, 0.2) is 5.16 Å². The lowest BCUT2D eigenvalue weighted by molar-refractivity contribution is -0.131. The third-order valence-electron chi connectivity index (χ3n) is 5.21. The molecule has 1 aliphatic heterocycles. The van der Waals surface area contributed by atoms with E-state index in [1.165, 1.54) is 18.2 Å². The summed E-state index contributed by atoms with van der Waals surface area (Å²) in [6, 6.07) is 17.1. The Bertz CT molecular complexity index is 1050. The van der Waals surface area contributed by atoms with Crippen molar-refractivity contribution in [2.75, 3.05) is 12.3 Å². The summed E-state index contributed by atoms with van der Waals surface area (Å²) in [6.45, 7) is 2.92. The van der Waals surface area contributed by atoms with E-state index >= 15 is 0 Å². The quantitative estimate of drug-likeness (QED) is 0.499. The molecular weight excluding hydrogens is 370 g/mol. The van der Waals surface area contributed by atoms with Gasteiger partial charge in [0.25, 0.3) is 5.56 Å². The number of nitrogens with zero attached hydrogens (tertiary/aromatic N) is 3. The maximum Gasteiger partial charge on any atom is 0.266 e. The molecule has 0 radical (unpaired) electrons. The molecule has 28 heavy (non-hydrogen) atoms. The van der Waals surface area contributed by atoms with Crippen LogP contribution in [0.25, 0.3) is 16.6 Å². The molecule has 1 aromatic heterocycles. The maximum atomic E-state index is 13.2. The van der Waals surface area contributed by atoms with E-state index in [1.54, 1.807) is 10.6 Å². The largest absolute Gasteiger partial charge is 0.339 e. The highest BCUT2D eigenvalue weighted by atomic mass is 32.2. The van der Waals surface area contributed by atoms with Gasteiger partial charge < -0.3 is 4.90 Å². The highest BCUT2D eigenvalue weighted by Crippen LogP contribution is 2.23. The van der Waals surface area contributed by atoms with Crippen molar-refractivity contribution in [2.45, 2.75) is 37.4 Å². The van der Waals surface area contributed by atoms with Crippen molar-refractivity contribution in [1.29, 1.82) is 0 Å². The van der Waals surface area contributed by atoms with Gasteiger partial charge in [0.2, 0.25) is 5.91 Å². The number of likely N-dealkylation sites (tertiary alicyclic amines) is 1. The first kappa shape index (κ1) is 18.7. The molecule has 4 rings (SSSR count). The number of para-hydroxylation sites is 2. The number of rotatable bonds is 4. The Kier molecular flexibility index (Phi) is 5.48. The van der Waals surface area contributed by atoms with Crippen molar-refractivity contribution in [3.8, 4) is 5.69 Å². The fraction of sp³-hybridized carbons (Fsp3) is 0.318. The Morgan fingerprint density at radius 3 is 2.64 bits per heavy atom. The van der Waals surface area contributed by atoms with Gasteiger partial charge >= 0.3 is 0 Å². The Balaban J connectivity index is 1.69. The van der Waals surface area contributed by atoms with Crippen LogP contribution < -0.4 is 5.56 Å². The Hall–Kier alpha value is -2.60. The molecule has 1 saturated heterocycles. The number of hydrogen-bond donors (Lipinski definition) is 0. The van der Waals surface area contributed by atoms with E-state index in [2.05, 4.69) is 6.92 Å². The molecule has 1 fully saturated rings. The molecule has 1 atom stereocenters. The summed E-state index contributed by atoms with van der Waals surface area (Å²) < 4.78 is 1.61. The molecule has 0 saturated carbocycles. The molecule has 0 unspecified atom stereocenters. The van der Waals surface area contributed by atoms with Gasteiger partial charge in [-0.2, -0.15) is 0 Å². The van der Waals surface area contributed by atoms with Gasteiger partial charge in [-0.15, -0.1) is 0 Å². The first-order chi connectivity index (χ1) is 13.6. The second kappa shape index (κ2) is 8.19. The van der Waals surface area contributed by atoms with E-state index in [0.717, 1.165) is 25.1 Å². The predicted molar refractivity (Wildman–Crippen MR) is 113 cm³/mol. The van der Waals surface area contributed by atoms with Gasteiger partial charge in [0, 0.05) is 12.6 Å². The maximum absolute atomic E-state index is 13.2. The van der Waals surface area contributed by atoms with Crippen LogP contribution in [0.2, 0.25) is 0 Å². The summed E-state index contributed by atoms with van der Waals surface area (Å²) in [5, 5.41) is 1.12. The molecule has 0 N–H and O–H groups in total. The van der Waals surface area contributed by atoms with E-state index in [1.807, 2.05) is 53.4 Å². The molecule has 0 spiro atoms. The summed E-state index contributed by atoms with van der Waals surface area (Å²) >= 11 is 1.34. The Labute approximate surface area is 168 Å². The van der Waals surface area contributed by atoms with Crippen LogP contribution in [0.1, 0.15) is 26.2 Å². The van der Waals surface area contributed by atoms with Gasteiger partial charge in [-0.1, -0.05) is 42.1 Å². The average molecular weight is 394 g/mol. The van der Waals surface area contributed by atoms with Crippen molar-refractivity contribution < 1.29 is 4.79 Å². The number of piperidine rings is 1. The summed E-state index contributed by atoms with van der Waals surface area (Å²) in [4.78, 5) is 32.6. The lowest BCUT2D eigenvalue weighted by Gasteiger charge is -2.33. The Morgan fingerprint density at radius 2 is 1.86 bits per heavy atom. The molecule has 0 bridgehead atoms. The van der Waals surface area contributed by atoms with Crippen molar-refractivity contribution >= 4 is 28.6 Å². The van der Waals surface area contributed by atoms with E-state index in [4.69, 9.17) is 4.98 Å². The smallest absolute Gasteiger partial charge is 0.266 e. The van der Waals surface area contributed by atoms with Crippen molar-refractivity contribution in [1.82, 2.24) is 14.5 Å². The summed E-state index contributed by atoms with van der Waals surface area (Å²) in [7, 11) is 0. The number of hydrogen-bond acceptors (Lipinski definition) is 4. The van der Waals surface area contributed by atoms with Crippen molar-refractivity contribution in [2.24, 2.45) is 0 Å². The van der Waals surface area contributed by atoms with Crippen LogP contribution in [0.15, 0.2) is 64.5 Å². The number of thioether (sulfide) groups is 1. The summed E-state index contributed by atoms with van der Waals surface area (Å²) in [5.41, 5.74) is 1.30. The zero-order valence-corrected chi connectivity index (χ0v) is 16.7. The number of carbonyl (C=O) groups is 1. The van der Waals surface area contributed by atoms with Crippen LogP contribution in [-0.4, -0.2) is 38.7 Å². The van der Waals surface area contributed by atoms with Crippen LogP contribution >= 0.6 is 11.8 Å². The third-order valence-corrected chi connectivity index (χ3v) is 6.13. The zero-order chi connectivity index (χ0) is 19.5. The number of fused-ring (bicyclic) bond motifs is 1. The second-order valence-corrected chi connectivity index (χ2v) is 8.05. The third kappa shape index (κ3) is 3.69. The van der Waals surface area contributed by atoms with E-state index in [0.29, 0.717) is 16.1 Å². The summed E-state index contributed by atoms with van der Waals surface area (Å²) in [5.74, 6) is 0.390. The molecule has 2 heterocycles. The Morgan fingerprint density at radius 1 is 1.11 bits per heavy atom. The minimum atomic E-state index is -0.113. The van der Waals surface area contributed by atoms with Crippen LogP contribution in [0.4, 0.5) is 0 Å². The van der Waals surface area contributed by atoms with Crippen molar-refractivity contribution in [3.63, 3.8) is 0 Å². The van der Waals surface area contributed by atoms with Gasteiger partial charge in [-0.3, -0.25) is 14.2 Å². The standard InChI is InChI=1S/C22H23N3O2S/c1-16-9-7-8-14-24(16)20(26)15-28-22-23-19-13-6-5-12-18(19)21(27)25(22)17-10-3-2-4-11-17/h2-6,10-13,16H,7-9,14-15H2,1H3/t16-/m1/s1. The molecule has 0 aliphatic carbocycles. The van der Waals surface area contributed by atoms with Gasteiger partial charge in [0.05, 0.1) is 22.3 Å². The van der Waals surface area contributed by atoms with Crippen molar-refractivity contribution in [3.05, 3.63) is 65.0 Å². The molecule has 144 valence electrons. The van der Waals surface area contributed by atoms with E-state index in [9.17, 15) is 9.59 Å². The number of aromatic nitrogens is 2. The highest BCUT2D eigenvalue weighted by Gasteiger charge is 2.24. The fourth-order valence-electron chi connectivity index (χ4n) is 3.69. The lowest BCUT2D eigenvalue weighted by atomic mass is 10.0. The fourth-order valence-corrected chi connectivity index (χ4v) is 4.59. The van der Waals surface area contributed by atoms with E-state index in [-0.39, 0.29) is 23.3 Å². The highest BCUT2D eigenvalue weighted by molar-refractivity contribution is 7.99.